The highest BCUT2D eigenvalue weighted by Crippen LogP contribution is 2.20. The molecule has 0 aliphatic carbocycles. The van der Waals surface area contributed by atoms with E-state index >= 15 is 0 Å². The third-order valence-electron chi connectivity index (χ3n) is 5.14. The minimum atomic E-state index is -0.0500. The SMILES string of the molecule is CCCC(=O)N1CCN(c2ccc(NC(=O)Cc3ccc(OC)cc3)cc2)CC1. The number of benzene rings is 2. The molecule has 1 aliphatic heterocycles. The number of carbonyl (C=O) groups excluding carboxylic acids is 2. The molecule has 0 saturated carbocycles. The zero-order chi connectivity index (χ0) is 20.6. The van der Waals surface area contributed by atoms with Crippen molar-refractivity contribution in [3.05, 3.63) is 54.1 Å². The molecule has 0 unspecified atom stereocenters. The van der Waals surface area contributed by atoms with Crippen LogP contribution in [-0.2, 0) is 16.0 Å². The number of ether oxygens (including phenoxy) is 1. The summed E-state index contributed by atoms with van der Waals surface area (Å²) in [5, 5.41) is 2.94. The van der Waals surface area contributed by atoms with E-state index < -0.39 is 0 Å². The lowest BCUT2D eigenvalue weighted by atomic mass is 10.1. The Morgan fingerprint density at radius 3 is 2.21 bits per heavy atom. The molecule has 2 aromatic rings. The Morgan fingerprint density at radius 1 is 0.966 bits per heavy atom. The Hall–Kier alpha value is -3.02. The molecule has 29 heavy (non-hydrogen) atoms. The third-order valence-corrected chi connectivity index (χ3v) is 5.14. The molecule has 0 spiro atoms. The van der Waals surface area contributed by atoms with E-state index in [9.17, 15) is 9.59 Å². The summed E-state index contributed by atoms with van der Waals surface area (Å²) < 4.78 is 5.14. The molecule has 1 fully saturated rings. The van der Waals surface area contributed by atoms with Gasteiger partial charge >= 0.3 is 0 Å². The monoisotopic (exact) mass is 395 g/mol. The van der Waals surface area contributed by atoms with Crippen molar-refractivity contribution >= 4 is 23.2 Å². The van der Waals surface area contributed by atoms with Crippen LogP contribution in [0, 0.1) is 0 Å². The molecule has 1 heterocycles. The number of amides is 2. The maximum atomic E-state index is 12.3. The molecule has 1 saturated heterocycles. The lowest BCUT2D eigenvalue weighted by Crippen LogP contribution is -2.48. The van der Waals surface area contributed by atoms with Gasteiger partial charge in [-0.3, -0.25) is 9.59 Å². The topological polar surface area (TPSA) is 61.9 Å². The van der Waals surface area contributed by atoms with Crippen LogP contribution in [0.15, 0.2) is 48.5 Å². The molecule has 6 heteroatoms. The van der Waals surface area contributed by atoms with Crippen LogP contribution in [0.1, 0.15) is 25.3 Å². The Labute approximate surface area is 172 Å². The molecular formula is C23H29N3O3. The number of carbonyl (C=O) groups is 2. The second-order valence-corrected chi connectivity index (χ2v) is 7.24. The van der Waals surface area contributed by atoms with Gasteiger partial charge in [0.25, 0.3) is 0 Å². The summed E-state index contributed by atoms with van der Waals surface area (Å²) in [5.74, 6) is 0.980. The second kappa shape index (κ2) is 9.96. The smallest absolute Gasteiger partial charge is 0.228 e. The van der Waals surface area contributed by atoms with E-state index in [4.69, 9.17) is 4.74 Å². The van der Waals surface area contributed by atoms with E-state index in [0.717, 1.165) is 55.3 Å². The summed E-state index contributed by atoms with van der Waals surface area (Å²) in [4.78, 5) is 28.5. The van der Waals surface area contributed by atoms with E-state index in [1.165, 1.54) is 0 Å². The van der Waals surface area contributed by atoms with Gasteiger partial charge < -0.3 is 19.9 Å². The molecule has 0 atom stereocenters. The number of nitrogens with one attached hydrogen (secondary N) is 1. The van der Waals surface area contributed by atoms with Crippen molar-refractivity contribution in [1.29, 1.82) is 0 Å². The van der Waals surface area contributed by atoms with Crippen LogP contribution in [0.25, 0.3) is 0 Å². The zero-order valence-electron chi connectivity index (χ0n) is 17.2. The van der Waals surface area contributed by atoms with Gasteiger partial charge in [-0.1, -0.05) is 19.1 Å². The van der Waals surface area contributed by atoms with Crippen molar-refractivity contribution in [3.8, 4) is 5.75 Å². The van der Waals surface area contributed by atoms with Gasteiger partial charge in [0.1, 0.15) is 5.75 Å². The zero-order valence-corrected chi connectivity index (χ0v) is 17.2. The van der Waals surface area contributed by atoms with Crippen molar-refractivity contribution in [2.45, 2.75) is 26.2 Å². The fourth-order valence-corrected chi connectivity index (χ4v) is 3.48. The number of hydrogen-bond donors (Lipinski definition) is 1. The van der Waals surface area contributed by atoms with Gasteiger partial charge in [0.15, 0.2) is 0 Å². The Balaban J connectivity index is 1.49. The molecule has 154 valence electrons. The van der Waals surface area contributed by atoms with Gasteiger partial charge in [0.2, 0.25) is 11.8 Å². The Kier molecular flexibility index (Phi) is 7.11. The van der Waals surface area contributed by atoms with Gasteiger partial charge in [-0.15, -0.1) is 0 Å². The highest BCUT2D eigenvalue weighted by molar-refractivity contribution is 5.92. The first-order chi connectivity index (χ1) is 14.1. The van der Waals surface area contributed by atoms with Crippen LogP contribution in [0.5, 0.6) is 5.75 Å². The number of anilines is 2. The molecule has 2 aromatic carbocycles. The Bertz CT molecular complexity index is 810. The first-order valence-electron chi connectivity index (χ1n) is 10.1. The largest absolute Gasteiger partial charge is 0.497 e. The minimum Gasteiger partial charge on any atom is -0.497 e. The summed E-state index contributed by atoms with van der Waals surface area (Å²) in [6, 6.07) is 15.4. The molecule has 6 nitrogen and oxygen atoms in total. The highest BCUT2D eigenvalue weighted by Gasteiger charge is 2.20. The summed E-state index contributed by atoms with van der Waals surface area (Å²) in [6.45, 7) is 5.22. The summed E-state index contributed by atoms with van der Waals surface area (Å²) in [5.41, 5.74) is 2.83. The number of nitrogens with zero attached hydrogens (tertiary/aromatic N) is 2. The maximum Gasteiger partial charge on any atom is 0.228 e. The molecule has 2 amide bonds. The van der Waals surface area contributed by atoms with Crippen LogP contribution < -0.4 is 15.0 Å². The van der Waals surface area contributed by atoms with E-state index in [2.05, 4.69) is 10.2 Å². The number of methoxy groups -OCH3 is 1. The summed E-state index contributed by atoms with van der Waals surface area (Å²) >= 11 is 0. The normalized spacial score (nSPS) is 13.9. The van der Waals surface area contributed by atoms with Gasteiger partial charge in [-0.2, -0.15) is 0 Å². The third kappa shape index (κ3) is 5.73. The summed E-state index contributed by atoms with van der Waals surface area (Å²) in [7, 11) is 1.62. The predicted molar refractivity (Wildman–Crippen MR) is 115 cm³/mol. The molecule has 0 aromatic heterocycles. The standard InChI is InChI=1S/C23H29N3O3/c1-3-4-23(28)26-15-13-25(14-16-26)20-9-7-19(8-10-20)24-22(27)17-18-5-11-21(29-2)12-6-18/h5-12H,3-4,13-17H2,1-2H3,(H,24,27). The predicted octanol–water partition coefficient (Wildman–Crippen LogP) is 3.33. The van der Waals surface area contributed by atoms with Gasteiger partial charge in [-0.25, -0.2) is 0 Å². The number of rotatable bonds is 7. The van der Waals surface area contributed by atoms with Crippen LogP contribution >= 0.6 is 0 Å². The average molecular weight is 396 g/mol. The first-order valence-corrected chi connectivity index (χ1v) is 10.1. The van der Waals surface area contributed by atoms with E-state index in [1.54, 1.807) is 7.11 Å². The Morgan fingerprint density at radius 2 is 1.62 bits per heavy atom. The fraction of sp³-hybridized carbons (Fsp3) is 0.391. The van der Waals surface area contributed by atoms with Gasteiger partial charge in [-0.05, 0) is 48.4 Å². The van der Waals surface area contributed by atoms with Gasteiger partial charge in [0.05, 0.1) is 13.5 Å². The molecule has 1 N–H and O–H groups in total. The lowest BCUT2D eigenvalue weighted by Gasteiger charge is -2.36. The van der Waals surface area contributed by atoms with Crippen molar-refractivity contribution in [1.82, 2.24) is 4.90 Å². The fourth-order valence-electron chi connectivity index (χ4n) is 3.48. The van der Waals surface area contributed by atoms with Crippen molar-refractivity contribution < 1.29 is 14.3 Å². The van der Waals surface area contributed by atoms with E-state index in [-0.39, 0.29) is 11.8 Å². The minimum absolute atomic E-state index is 0.0500. The van der Waals surface area contributed by atoms with Crippen molar-refractivity contribution in [2.24, 2.45) is 0 Å². The molecule has 0 bridgehead atoms. The van der Waals surface area contributed by atoms with Crippen LogP contribution in [0.4, 0.5) is 11.4 Å². The van der Waals surface area contributed by atoms with Gasteiger partial charge in [0, 0.05) is 44.0 Å². The van der Waals surface area contributed by atoms with E-state index in [0.29, 0.717) is 12.8 Å². The van der Waals surface area contributed by atoms with E-state index in [1.807, 2.05) is 60.4 Å². The first kappa shape index (κ1) is 20.7. The maximum absolute atomic E-state index is 12.3. The van der Waals surface area contributed by atoms with Crippen LogP contribution in [0.2, 0.25) is 0 Å². The van der Waals surface area contributed by atoms with Crippen molar-refractivity contribution in [2.75, 3.05) is 43.5 Å². The second-order valence-electron chi connectivity index (χ2n) is 7.24. The highest BCUT2D eigenvalue weighted by atomic mass is 16.5. The number of piperazine rings is 1. The van der Waals surface area contributed by atoms with Crippen LogP contribution in [-0.4, -0.2) is 50.0 Å². The molecule has 3 rings (SSSR count). The quantitative estimate of drug-likeness (QED) is 0.781. The molecular weight excluding hydrogens is 366 g/mol. The molecule has 0 radical (unpaired) electrons. The molecule has 1 aliphatic rings. The summed E-state index contributed by atoms with van der Waals surface area (Å²) in [6.07, 6.45) is 1.84. The lowest BCUT2D eigenvalue weighted by molar-refractivity contribution is -0.131. The number of hydrogen-bond acceptors (Lipinski definition) is 4. The van der Waals surface area contributed by atoms with Crippen molar-refractivity contribution in [3.63, 3.8) is 0 Å². The average Bonchev–Trinajstić information content (AvgIpc) is 2.75. The van der Waals surface area contributed by atoms with Crippen LogP contribution in [0.3, 0.4) is 0 Å².